The van der Waals surface area contributed by atoms with Crippen molar-refractivity contribution in [2.24, 2.45) is 0 Å². The lowest BCUT2D eigenvalue weighted by Gasteiger charge is -2.27. The van der Waals surface area contributed by atoms with E-state index in [4.69, 9.17) is 0 Å². The van der Waals surface area contributed by atoms with Gasteiger partial charge in [-0.25, -0.2) is 0 Å². The third kappa shape index (κ3) is 6.54. The van der Waals surface area contributed by atoms with Crippen LogP contribution in [0.15, 0.2) is 237 Å². The van der Waals surface area contributed by atoms with Crippen LogP contribution in [-0.4, -0.2) is 0 Å². The van der Waals surface area contributed by atoms with Crippen LogP contribution in [-0.2, 0) is 0 Å². The predicted octanol–water partition coefficient (Wildman–Crippen LogP) is 17.0. The lowest BCUT2D eigenvalue weighted by molar-refractivity contribution is 1.30. The van der Waals surface area contributed by atoms with Gasteiger partial charge in [-0.05, 0) is 109 Å². The van der Waals surface area contributed by atoms with Crippen LogP contribution < -0.4 is 4.90 Å². The van der Waals surface area contributed by atoms with Crippen LogP contribution in [0.3, 0.4) is 0 Å². The summed E-state index contributed by atoms with van der Waals surface area (Å²) in [6.45, 7) is 0. The number of thiophene rings is 1. The molecule has 282 valence electrons. The first-order chi connectivity index (χ1) is 29.7. The lowest BCUT2D eigenvalue weighted by Crippen LogP contribution is -2.10. The van der Waals surface area contributed by atoms with E-state index in [1.54, 1.807) is 0 Å². The Morgan fingerprint density at radius 3 is 1.35 bits per heavy atom. The molecule has 60 heavy (non-hydrogen) atoms. The third-order valence-corrected chi connectivity index (χ3v) is 12.9. The highest BCUT2D eigenvalue weighted by Crippen LogP contribution is 2.49. The number of benzene rings is 10. The molecule has 0 radical (unpaired) electrons. The maximum absolute atomic E-state index is 2.46. The van der Waals surface area contributed by atoms with Gasteiger partial charge in [-0.15, -0.1) is 11.3 Å². The van der Waals surface area contributed by atoms with Gasteiger partial charge in [0.15, 0.2) is 0 Å². The Hall–Kier alpha value is -7.52. The van der Waals surface area contributed by atoms with E-state index in [2.05, 4.69) is 241 Å². The van der Waals surface area contributed by atoms with Crippen LogP contribution in [0.2, 0.25) is 0 Å². The molecule has 2 heteroatoms. The number of rotatable bonds is 8. The molecule has 0 aliphatic carbocycles. The van der Waals surface area contributed by atoms with Gasteiger partial charge in [-0.2, -0.15) is 0 Å². The fraction of sp³-hybridized carbons (Fsp3) is 0. The van der Waals surface area contributed by atoms with Crippen molar-refractivity contribution in [2.45, 2.75) is 0 Å². The van der Waals surface area contributed by atoms with Crippen molar-refractivity contribution in [3.8, 4) is 55.6 Å². The van der Waals surface area contributed by atoms with E-state index in [0.29, 0.717) is 0 Å². The van der Waals surface area contributed by atoms with E-state index in [1.165, 1.54) is 86.6 Å². The van der Waals surface area contributed by atoms with Gasteiger partial charge in [0.1, 0.15) is 0 Å². The zero-order chi connectivity index (χ0) is 39.8. The largest absolute Gasteiger partial charge is 0.309 e. The zero-order valence-corrected chi connectivity index (χ0v) is 33.7. The summed E-state index contributed by atoms with van der Waals surface area (Å²) < 4.78 is 2.55. The molecule has 11 rings (SSSR count). The number of anilines is 3. The highest BCUT2D eigenvalue weighted by Gasteiger charge is 2.22. The minimum atomic E-state index is 1.10. The second-order valence-corrected chi connectivity index (χ2v) is 16.3. The molecule has 1 aromatic heterocycles. The molecule has 1 nitrogen and oxygen atoms in total. The molecule has 0 saturated heterocycles. The first kappa shape index (κ1) is 35.6. The van der Waals surface area contributed by atoms with Gasteiger partial charge in [0.2, 0.25) is 0 Å². The molecule has 0 aliphatic rings. The first-order valence-corrected chi connectivity index (χ1v) is 21.3. The molecular weight excluding hydrogens is 743 g/mol. The van der Waals surface area contributed by atoms with Gasteiger partial charge in [0.25, 0.3) is 0 Å². The van der Waals surface area contributed by atoms with Gasteiger partial charge >= 0.3 is 0 Å². The molecule has 0 N–H and O–H groups in total. The van der Waals surface area contributed by atoms with E-state index in [1.807, 2.05) is 11.3 Å². The number of hydrogen-bond donors (Lipinski definition) is 0. The fourth-order valence-corrected chi connectivity index (χ4v) is 10.00. The predicted molar refractivity (Wildman–Crippen MR) is 259 cm³/mol. The summed E-state index contributed by atoms with van der Waals surface area (Å²) in [7, 11) is 0. The minimum Gasteiger partial charge on any atom is -0.309 e. The minimum absolute atomic E-state index is 1.10. The molecule has 0 atom stereocenters. The number of fused-ring (bicyclic) bond motifs is 4. The average Bonchev–Trinajstić information content (AvgIpc) is 3.72. The van der Waals surface area contributed by atoms with Crippen LogP contribution in [0.25, 0.3) is 86.6 Å². The SMILES string of the molecule is c1ccc(-c2ccc(N(c3ccc(-c4ccc5cccc(-c6ccccc6)c5c4)cc3)c3cc(-c4ccccc4)cc4c3sc3c(-c5ccccc5)cccc34)cc2)cc1. The maximum atomic E-state index is 2.46. The van der Waals surface area contributed by atoms with Gasteiger partial charge in [0, 0.05) is 26.8 Å². The van der Waals surface area contributed by atoms with E-state index in [9.17, 15) is 0 Å². The van der Waals surface area contributed by atoms with Crippen molar-refractivity contribution < 1.29 is 0 Å². The Balaban J connectivity index is 1.11. The molecular formula is C58H39NS. The highest BCUT2D eigenvalue weighted by atomic mass is 32.1. The van der Waals surface area contributed by atoms with Crippen molar-refractivity contribution in [1.29, 1.82) is 0 Å². The Labute approximate surface area is 354 Å². The molecule has 10 aromatic carbocycles. The second-order valence-electron chi connectivity index (χ2n) is 15.3. The summed E-state index contributed by atoms with van der Waals surface area (Å²) in [5, 5.41) is 5.03. The highest BCUT2D eigenvalue weighted by molar-refractivity contribution is 7.27. The average molecular weight is 782 g/mol. The van der Waals surface area contributed by atoms with Gasteiger partial charge < -0.3 is 4.90 Å². The standard InChI is InChI=1S/C58H39NS/c1-5-15-40(16-6-1)42-29-33-49(34-30-42)59(50-35-31-43(32-36-50)47-28-27-46-23-13-24-51(54(46)37-47)44-19-9-3-10-20-44)56-39-48(41-17-7-2-8-18-41)38-55-53-26-14-25-52(57(53)60-58(55)56)45-21-11-4-12-22-45/h1-39H. The Kier molecular flexibility index (Phi) is 9.11. The lowest BCUT2D eigenvalue weighted by atomic mass is 9.94. The van der Waals surface area contributed by atoms with Crippen LogP contribution in [0.5, 0.6) is 0 Å². The van der Waals surface area contributed by atoms with Crippen LogP contribution in [0.4, 0.5) is 17.1 Å². The normalized spacial score (nSPS) is 11.3. The Morgan fingerprint density at radius 2 is 0.733 bits per heavy atom. The summed E-state index contributed by atoms with van der Waals surface area (Å²) in [4.78, 5) is 2.46. The third-order valence-electron chi connectivity index (χ3n) is 11.7. The van der Waals surface area contributed by atoms with Crippen molar-refractivity contribution in [2.75, 3.05) is 4.90 Å². The maximum Gasteiger partial charge on any atom is 0.0646 e. The molecule has 11 aromatic rings. The molecule has 0 fully saturated rings. The molecule has 0 spiro atoms. The van der Waals surface area contributed by atoms with Crippen molar-refractivity contribution in [1.82, 2.24) is 0 Å². The zero-order valence-electron chi connectivity index (χ0n) is 32.9. The monoisotopic (exact) mass is 781 g/mol. The van der Waals surface area contributed by atoms with Gasteiger partial charge in [0.05, 0.1) is 10.4 Å². The van der Waals surface area contributed by atoms with Crippen molar-refractivity contribution >= 4 is 59.3 Å². The molecule has 0 unspecified atom stereocenters. The van der Waals surface area contributed by atoms with Crippen LogP contribution in [0, 0.1) is 0 Å². The van der Waals surface area contributed by atoms with Crippen LogP contribution >= 0.6 is 11.3 Å². The Morgan fingerprint density at radius 1 is 0.267 bits per heavy atom. The summed E-state index contributed by atoms with van der Waals surface area (Å²) >= 11 is 1.89. The van der Waals surface area contributed by atoms with Crippen molar-refractivity contribution in [3.05, 3.63) is 237 Å². The molecule has 0 amide bonds. The molecule has 0 saturated carbocycles. The Bertz CT molecular complexity index is 3260. The number of nitrogens with zero attached hydrogens (tertiary/aromatic N) is 1. The van der Waals surface area contributed by atoms with Crippen LogP contribution in [0.1, 0.15) is 0 Å². The molecule has 1 heterocycles. The molecule has 0 bridgehead atoms. The smallest absolute Gasteiger partial charge is 0.0646 e. The van der Waals surface area contributed by atoms with E-state index < -0.39 is 0 Å². The summed E-state index contributed by atoms with van der Waals surface area (Å²) in [5.41, 5.74) is 15.5. The van der Waals surface area contributed by atoms with E-state index in [-0.39, 0.29) is 0 Å². The van der Waals surface area contributed by atoms with Gasteiger partial charge in [-0.3, -0.25) is 0 Å². The summed E-state index contributed by atoms with van der Waals surface area (Å²) in [5.74, 6) is 0. The fourth-order valence-electron chi connectivity index (χ4n) is 8.68. The van der Waals surface area contributed by atoms with E-state index in [0.717, 1.165) is 17.1 Å². The first-order valence-electron chi connectivity index (χ1n) is 20.5. The molecule has 0 aliphatic heterocycles. The second kappa shape index (κ2) is 15.3. The topological polar surface area (TPSA) is 3.24 Å². The quantitative estimate of drug-likeness (QED) is 0.148. The van der Waals surface area contributed by atoms with Crippen molar-refractivity contribution in [3.63, 3.8) is 0 Å². The van der Waals surface area contributed by atoms with E-state index >= 15 is 0 Å². The summed E-state index contributed by atoms with van der Waals surface area (Å²) in [6.07, 6.45) is 0. The summed E-state index contributed by atoms with van der Waals surface area (Å²) in [6, 6.07) is 86.1. The van der Waals surface area contributed by atoms with Gasteiger partial charge in [-0.1, -0.05) is 194 Å². The number of hydrogen-bond acceptors (Lipinski definition) is 2.